The van der Waals surface area contributed by atoms with Gasteiger partial charge in [-0.15, -0.1) is 0 Å². The predicted molar refractivity (Wildman–Crippen MR) is 93.7 cm³/mol. The lowest BCUT2D eigenvalue weighted by Gasteiger charge is -2.29. The highest BCUT2D eigenvalue weighted by Crippen LogP contribution is 2.34. The van der Waals surface area contributed by atoms with E-state index in [1.165, 1.54) is 0 Å². The number of rotatable bonds is 4. The molecule has 124 valence electrons. The van der Waals surface area contributed by atoms with Crippen molar-refractivity contribution in [3.05, 3.63) is 53.6 Å². The van der Waals surface area contributed by atoms with E-state index in [4.69, 9.17) is 4.74 Å². The van der Waals surface area contributed by atoms with Gasteiger partial charge >= 0.3 is 0 Å². The zero-order valence-electron chi connectivity index (χ0n) is 13.8. The van der Waals surface area contributed by atoms with E-state index < -0.39 is 0 Å². The minimum absolute atomic E-state index is 0.0576. The molecule has 0 saturated carbocycles. The Hall–Kier alpha value is -2.82. The Morgan fingerprint density at radius 1 is 1.21 bits per heavy atom. The smallest absolute Gasteiger partial charge is 0.265 e. The molecule has 0 bridgehead atoms. The van der Waals surface area contributed by atoms with Gasteiger partial charge in [-0.05, 0) is 43.7 Å². The first-order valence-corrected chi connectivity index (χ1v) is 8.03. The lowest BCUT2D eigenvalue weighted by atomic mass is 10.1. The standard InChI is InChI=1S/C19H20N2O3/c1-3-10-21-16-11-15(8-9-17(16)24-12-18(21)22)20-19(23)14-6-4-13(2)5-7-14/h4-9,11H,3,10,12H2,1-2H3,(H,20,23). The summed E-state index contributed by atoms with van der Waals surface area (Å²) >= 11 is 0. The highest BCUT2D eigenvalue weighted by molar-refractivity contribution is 6.05. The van der Waals surface area contributed by atoms with Crippen LogP contribution in [0.25, 0.3) is 0 Å². The van der Waals surface area contributed by atoms with Crippen molar-refractivity contribution in [2.75, 3.05) is 23.4 Å². The van der Waals surface area contributed by atoms with Crippen LogP contribution in [0, 0.1) is 6.92 Å². The lowest BCUT2D eigenvalue weighted by molar-refractivity contribution is -0.121. The maximum absolute atomic E-state index is 12.3. The molecule has 1 aliphatic rings. The maximum atomic E-state index is 12.3. The van der Waals surface area contributed by atoms with Gasteiger partial charge in [-0.2, -0.15) is 0 Å². The van der Waals surface area contributed by atoms with Crippen LogP contribution in [-0.4, -0.2) is 25.0 Å². The second-order valence-corrected chi connectivity index (χ2v) is 5.84. The van der Waals surface area contributed by atoms with E-state index >= 15 is 0 Å². The average Bonchev–Trinajstić information content (AvgIpc) is 2.58. The highest BCUT2D eigenvalue weighted by atomic mass is 16.5. The van der Waals surface area contributed by atoms with Crippen LogP contribution in [0.1, 0.15) is 29.3 Å². The number of anilines is 2. The summed E-state index contributed by atoms with van der Waals surface area (Å²) in [4.78, 5) is 26.1. The number of hydrogen-bond donors (Lipinski definition) is 1. The molecule has 0 radical (unpaired) electrons. The summed E-state index contributed by atoms with van der Waals surface area (Å²) in [5, 5.41) is 2.87. The molecule has 0 fully saturated rings. The summed E-state index contributed by atoms with van der Waals surface area (Å²) in [5.74, 6) is 0.419. The van der Waals surface area contributed by atoms with E-state index in [0.29, 0.717) is 29.2 Å². The molecule has 2 amide bonds. The predicted octanol–water partition coefficient (Wildman–Crippen LogP) is 3.38. The summed E-state index contributed by atoms with van der Waals surface area (Å²) in [6.45, 7) is 4.68. The molecule has 1 N–H and O–H groups in total. The number of hydrogen-bond acceptors (Lipinski definition) is 3. The third kappa shape index (κ3) is 3.25. The maximum Gasteiger partial charge on any atom is 0.265 e. The molecule has 1 heterocycles. The normalized spacial score (nSPS) is 13.2. The van der Waals surface area contributed by atoms with E-state index in [1.807, 2.05) is 26.0 Å². The topological polar surface area (TPSA) is 58.6 Å². The largest absolute Gasteiger partial charge is 0.482 e. The SMILES string of the molecule is CCCN1C(=O)COc2ccc(NC(=O)c3ccc(C)cc3)cc21. The van der Waals surface area contributed by atoms with Crippen LogP contribution in [0.4, 0.5) is 11.4 Å². The number of amides is 2. The second-order valence-electron chi connectivity index (χ2n) is 5.84. The van der Waals surface area contributed by atoms with E-state index in [2.05, 4.69) is 5.32 Å². The molecule has 1 aliphatic heterocycles. The van der Waals surface area contributed by atoms with Gasteiger partial charge in [0.1, 0.15) is 5.75 Å². The number of fused-ring (bicyclic) bond motifs is 1. The van der Waals surface area contributed by atoms with Crippen molar-refractivity contribution in [2.45, 2.75) is 20.3 Å². The van der Waals surface area contributed by atoms with Gasteiger partial charge in [0.2, 0.25) is 0 Å². The number of nitrogens with zero attached hydrogens (tertiary/aromatic N) is 1. The van der Waals surface area contributed by atoms with Crippen molar-refractivity contribution in [3.63, 3.8) is 0 Å². The van der Waals surface area contributed by atoms with Crippen molar-refractivity contribution in [1.82, 2.24) is 0 Å². The summed E-state index contributed by atoms with van der Waals surface area (Å²) in [5.41, 5.74) is 3.04. The van der Waals surface area contributed by atoms with Crippen molar-refractivity contribution in [1.29, 1.82) is 0 Å². The van der Waals surface area contributed by atoms with Gasteiger partial charge in [0.25, 0.3) is 11.8 Å². The fraction of sp³-hybridized carbons (Fsp3) is 0.263. The summed E-state index contributed by atoms with van der Waals surface area (Å²) in [6, 6.07) is 12.7. The number of carbonyl (C=O) groups excluding carboxylic acids is 2. The molecule has 5 nitrogen and oxygen atoms in total. The van der Waals surface area contributed by atoms with Gasteiger partial charge in [-0.25, -0.2) is 0 Å². The minimum atomic E-state index is -0.181. The van der Waals surface area contributed by atoms with E-state index in [0.717, 1.165) is 12.0 Å². The van der Waals surface area contributed by atoms with Crippen LogP contribution in [0.3, 0.4) is 0 Å². The lowest BCUT2D eigenvalue weighted by Crippen LogP contribution is -2.39. The molecule has 5 heteroatoms. The number of nitrogens with one attached hydrogen (secondary N) is 1. The Balaban J connectivity index is 1.84. The molecule has 24 heavy (non-hydrogen) atoms. The van der Waals surface area contributed by atoms with E-state index in [1.54, 1.807) is 35.2 Å². The fourth-order valence-electron chi connectivity index (χ4n) is 2.66. The Labute approximate surface area is 141 Å². The minimum Gasteiger partial charge on any atom is -0.482 e. The first-order chi connectivity index (χ1) is 11.6. The Kier molecular flexibility index (Phi) is 4.51. The number of benzene rings is 2. The Morgan fingerprint density at radius 2 is 1.96 bits per heavy atom. The zero-order chi connectivity index (χ0) is 17.1. The van der Waals surface area contributed by atoms with Crippen molar-refractivity contribution >= 4 is 23.2 Å². The first-order valence-electron chi connectivity index (χ1n) is 8.03. The number of aryl methyl sites for hydroxylation is 1. The Morgan fingerprint density at radius 3 is 2.67 bits per heavy atom. The molecule has 0 spiro atoms. The van der Waals surface area contributed by atoms with Gasteiger partial charge in [0.05, 0.1) is 5.69 Å². The van der Waals surface area contributed by atoms with Crippen molar-refractivity contribution in [2.24, 2.45) is 0 Å². The summed E-state index contributed by atoms with van der Waals surface area (Å²) in [6.07, 6.45) is 0.852. The van der Waals surface area contributed by atoms with Crippen LogP contribution < -0.4 is 15.0 Å². The molecular weight excluding hydrogens is 304 g/mol. The van der Waals surface area contributed by atoms with Crippen molar-refractivity contribution in [3.8, 4) is 5.75 Å². The monoisotopic (exact) mass is 324 g/mol. The number of ether oxygens (including phenoxy) is 1. The van der Waals surface area contributed by atoms with E-state index in [-0.39, 0.29) is 18.4 Å². The van der Waals surface area contributed by atoms with Crippen LogP contribution in [-0.2, 0) is 4.79 Å². The van der Waals surface area contributed by atoms with Gasteiger partial charge in [0.15, 0.2) is 6.61 Å². The van der Waals surface area contributed by atoms with E-state index in [9.17, 15) is 9.59 Å². The molecule has 2 aromatic carbocycles. The zero-order valence-corrected chi connectivity index (χ0v) is 13.8. The fourth-order valence-corrected chi connectivity index (χ4v) is 2.66. The van der Waals surface area contributed by atoms with Crippen LogP contribution >= 0.6 is 0 Å². The first kappa shape index (κ1) is 16.1. The molecule has 0 saturated heterocycles. The molecule has 0 aliphatic carbocycles. The summed E-state index contributed by atoms with van der Waals surface area (Å²) < 4.78 is 5.47. The molecule has 0 unspecified atom stereocenters. The second kappa shape index (κ2) is 6.74. The third-order valence-electron chi connectivity index (χ3n) is 3.92. The number of carbonyl (C=O) groups is 2. The summed E-state index contributed by atoms with van der Waals surface area (Å²) in [7, 11) is 0. The van der Waals surface area contributed by atoms with Crippen molar-refractivity contribution < 1.29 is 14.3 Å². The molecule has 3 rings (SSSR count). The molecule has 0 aromatic heterocycles. The van der Waals surface area contributed by atoms with Crippen LogP contribution in [0.15, 0.2) is 42.5 Å². The van der Waals surface area contributed by atoms with Crippen LogP contribution in [0.2, 0.25) is 0 Å². The van der Waals surface area contributed by atoms with Gasteiger partial charge in [0, 0.05) is 17.8 Å². The van der Waals surface area contributed by atoms with Gasteiger partial charge < -0.3 is 15.0 Å². The van der Waals surface area contributed by atoms with Crippen LogP contribution in [0.5, 0.6) is 5.75 Å². The Bertz CT molecular complexity index is 769. The molecule has 0 atom stereocenters. The van der Waals surface area contributed by atoms with Gasteiger partial charge in [-0.1, -0.05) is 24.6 Å². The highest BCUT2D eigenvalue weighted by Gasteiger charge is 2.25. The molecular formula is C19H20N2O3. The quantitative estimate of drug-likeness (QED) is 0.938. The molecule has 2 aromatic rings. The average molecular weight is 324 g/mol. The third-order valence-corrected chi connectivity index (χ3v) is 3.92. The van der Waals surface area contributed by atoms with Gasteiger partial charge in [-0.3, -0.25) is 9.59 Å².